The molecule has 0 aromatic heterocycles. The monoisotopic (exact) mass is 302 g/mol. The molecule has 9 heteroatoms. The third-order valence-corrected chi connectivity index (χ3v) is 2.74. The van der Waals surface area contributed by atoms with Gasteiger partial charge in [-0.1, -0.05) is 13.8 Å². The van der Waals surface area contributed by atoms with Crippen LogP contribution in [0.2, 0.25) is 0 Å². The lowest BCUT2D eigenvalue weighted by molar-refractivity contribution is -0.143. The number of carbonyl (C=O) groups excluding carboxylic acids is 3. The number of nitrogens with one attached hydrogen (secondary N) is 2. The Labute approximate surface area is 122 Å². The minimum absolute atomic E-state index is 0.313. The Morgan fingerprint density at radius 3 is 1.95 bits per heavy atom. The SMILES string of the molecule is CC(C)[C@H](NC(=O)[C@H](C)NC(=O)[C@@H](N)CC(N)=O)C(=O)O. The second-order valence-corrected chi connectivity index (χ2v) is 5.08. The summed E-state index contributed by atoms with van der Waals surface area (Å²) in [6, 6.07) is -3.20. The van der Waals surface area contributed by atoms with E-state index in [-0.39, 0.29) is 12.3 Å². The zero-order valence-corrected chi connectivity index (χ0v) is 12.3. The lowest BCUT2D eigenvalue weighted by Gasteiger charge is -2.21. The molecule has 0 saturated heterocycles. The maximum absolute atomic E-state index is 11.8. The molecule has 21 heavy (non-hydrogen) atoms. The molecule has 3 amide bonds. The molecule has 0 unspecified atom stereocenters. The fraction of sp³-hybridized carbons (Fsp3) is 0.667. The van der Waals surface area contributed by atoms with Crippen LogP contribution in [-0.2, 0) is 19.2 Å². The van der Waals surface area contributed by atoms with Crippen molar-refractivity contribution >= 4 is 23.7 Å². The van der Waals surface area contributed by atoms with Gasteiger partial charge in [0, 0.05) is 0 Å². The van der Waals surface area contributed by atoms with Crippen molar-refractivity contribution < 1.29 is 24.3 Å². The molecule has 0 fully saturated rings. The van der Waals surface area contributed by atoms with Crippen molar-refractivity contribution in [3.63, 3.8) is 0 Å². The summed E-state index contributed by atoms with van der Waals surface area (Å²) in [5, 5.41) is 13.6. The van der Waals surface area contributed by atoms with Crippen LogP contribution in [0, 0.1) is 5.92 Å². The number of hydrogen-bond donors (Lipinski definition) is 5. The number of carboxylic acids is 1. The van der Waals surface area contributed by atoms with Crippen molar-refractivity contribution in [1.29, 1.82) is 0 Å². The van der Waals surface area contributed by atoms with Gasteiger partial charge in [0.1, 0.15) is 12.1 Å². The zero-order chi connectivity index (χ0) is 16.7. The van der Waals surface area contributed by atoms with Crippen LogP contribution in [0.3, 0.4) is 0 Å². The third kappa shape index (κ3) is 6.70. The molecule has 9 nitrogen and oxygen atoms in total. The Bertz CT molecular complexity index is 424. The van der Waals surface area contributed by atoms with Gasteiger partial charge in [-0.25, -0.2) is 4.79 Å². The van der Waals surface area contributed by atoms with Crippen molar-refractivity contribution in [1.82, 2.24) is 10.6 Å². The summed E-state index contributed by atoms with van der Waals surface area (Å²) in [6.45, 7) is 4.67. The van der Waals surface area contributed by atoms with E-state index in [1.807, 2.05) is 0 Å². The number of rotatable bonds is 8. The van der Waals surface area contributed by atoms with Gasteiger partial charge in [-0.2, -0.15) is 0 Å². The maximum Gasteiger partial charge on any atom is 0.326 e. The molecule has 0 aliphatic heterocycles. The Morgan fingerprint density at radius 2 is 1.57 bits per heavy atom. The summed E-state index contributed by atoms with van der Waals surface area (Å²) in [4.78, 5) is 45.1. The van der Waals surface area contributed by atoms with Crippen LogP contribution in [0.4, 0.5) is 0 Å². The van der Waals surface area contributed by atoms with Crippen LogP contribution in [0.25, 0.3) is 0 Å². The van der Waals surface area contributed by atoms with E-state index in [1.165, 1.54) is 6.92 Å². The fourth-order valence-electron chi connectivity index (χ4n) is 1.49. The summed E-state index contributed by atoms with van der Waals surface area (Å²) < 4.78 is 0. The molecule has 0 aromatic carbocycles. The minimum atomic E-state index is -1.16. The van der Waals surface area contributed by atoms with Crippen molar-refractivity contribution in [2.75, 3.05) is 0 Å². The van der Waals surface area contributed by atoms with Gasteiger partial charge in [-0.3, -0.25) is 14.4 Å². The molecule has 0 spiro atoms. The zero-order valence-electron chi connectivity index (χ0n) is 12.3. The molecule has 0 bridgehead atoms. The van der Waals surface area contributed by atoms with E-state index in [4.69, 9.17) is 16.6 Å². The number of amides is 3. The maximum atomic E-state index is 11.8. The standard InChI is InChI=1S/C12H22N4O5/c1-5(2)9(12(20)21)16-10(18)6(3)15-11(19)7(13)4-8(14)17/h5-7,9H,4,13H2,1-3H3,(H2,14,17)(H,15,19)(H,16,18)(H,20,21)/t6-,7-,9-/m0/s1. The van der Waals surface area contributed by atoms with Crippen LogP contribution in [-0.4, -0.2) is 46.9 Å². The third-order valence-electron chi connectivity index (χ3n) is 2.74. The van der Waals surface area contributed by atoms with Gasteiger partial charge in [0.2, 0.25) is 17.7 Å². The molecule has 0 saturated carbocycles. The first-order valence-corrected chi connectivity index (χ1v) is 6.43. The van der Waals surface area contributed by atoms with Crippen molar-refractivity contribution in [2.45, 2.75) is 45.3 Å². The van der Waals surface area contributed by atoms with Crippen molar-refractivity contribution in [3.8, 4) is 0 Å². The summed E-state index contributed by atoms with van der Waals surface area (Å²) >= 11 is 0. The quantitative estimate of drug-likeness (QED) is 0.345. The molecule has 0 aromatic rings. The summed E-state index contributed by atoms with van der Waals surface area (Å²) in [5.74, 6) is -3.59. The average Bonchev–Trinajstić information content (AvgIpc) is 2.33. The van der Waals surface area contributed by atoms with Gasteiger partial charge in [-0.15, -0.1) is 0 Å². The number of nitrogens with two attached hydrogens (primary N) is 2. The molecule has 0 aliphatic rings. The van der Waals surface area contributed by atoms with Crippen LogP contribution >= 0.6 is 0 Å². The normalized spacial score (nSPS) is 14.9. The van der Waals surface area contributed by atoms with Gasteiger partial charge in [0.05, 0.1) is 12.5 Å². The Hall–Kier alpha value is -2.16. The van der Waals surface area contributed by atoms with E-state index in [0.29, 0.717) is 0 Å². The van der Waals surface area contributed by atoms with E-state index < -0.39 is 41.8 Å². The van der Waals surface area contributed by atoms with E-state index in [9.17, 15) is 19.2 Å². The lowest BCUT2D eigenvalue weighted by Crippen LogP contribution is -2.54. The summed E-state index contributed by atoms with van der Waals surface area (Å²) in [5.41, 5.74) is 10.3. The van der Waals surface area contributed by atoms with Crippen molar-refractivity contribution in [3.05, 3.63) is 0 Å². The first-order valence-electron chi connectivity index (χ1n) is 6.43. The topological polar surface area (TPSA) is 165 Å². The fourth-order valence-corrected chi connectivity index (χ4v) is 1.49. The number of aliphatic carboxylic acids is 1. The van der Waals surface area contributed by atoms with E-state index in [2.05, 4.69) is 10.6 Å². The first-order chi connectivity index (χ1) is 9.56. The van der Waals surface area contributed by atoms with E-state index in [0.717, 1.165) is 0 Å². The minimum Gasteiger partial charge on any atom is -0.480 e. The molecule has 7 N–H and O–H groups in total. The molecule has 0 aliphatic carbocycles. The predicted octanol–water partition coefficient (Wildman–Crippen LogP) is -2.08. The largest absolute Gasteiger partial charge is 0.480 e. The summed E-state index contributed by atoms with van der Waals surface area (Å²) in [6.07, 6.45) is -0.343. The highest BCUT2D eigenvalue weighted by atomic mass is 16.4. The summed E-state index contributed by atoms with van der Waals surface area (Å²) in [7, 11) is 0. The molecular weight excluding hydrogens is 280 g/mol. The second-order valence-electron chi connectivity index (χ2n) is 5.08. The van der Waals surface area contributed by atoms with Gasteiger partial charge >= 0.3 is 5.97 Å². The highest BCUT2D eigenvalue weighted by Crippen LogP contribution is 2.02. The van der Waals surface area contributed by atoms with Crippen LogP contribution in [0.1, 0.15) is 27.2 Å². The van der Waals surface area contributed by atoms with Gasteiger partial charge in [0.15, 0.2) is 0 Å². The van der Waals surface area contributed by atoms with Crippen LogP contribution in [0.15, 0.2) is 0 Å². The van der Waals surface area contributed by atoms with E-state index in [1.54, 1.807) is 13.8 Å². The molecule has 3 atom stereocenters. The van der Waals surface area contributed by atoms with Gasteiger partial charge < -0.3 is 27.2 Å². The Morgan fingerprint density at radius 1 is 1.05 bits per heavy atom. The number of hydrogen-bond acceptors (Lipinski definition) is 5. The van der Waals surface area contributed by atoms with Gasteiger partial charge in [-0.05, 0) is 12.8 Å². The second kappa shape index (κ2) is 8.20. The molecule has 120 valence electrons. The highest BCUT2D eigenvalue weighted by molar-refractivity contribution is 5.93. The van der Waals surface area contributed by atoms with Crippen LogP contribution in [0.5, 0.6) is 0 Å². The first kappa shape index (κ1) is 18.8. The average molecular weight is 302 g/mol. The van der Waals surface area contributed by atoms with E-state index >= 15 is 0 Å². The Kier molecular flexibility index (Phi) is 7.36. The number of primary amides is 1. The highest BCUT2D eigenvalue weighted by Gasteiger charge is 2.27. The molecule has 0 radical (unpaired) electrons. The van der Waals surface area contributed by atoms with Crippen LogP contribution < -0.4 is 22.1 Å². The Balaban J connectivity index is 4.54. The lowest BCUT2D eigenvalue weighted by atomic mass is 10.0. The smallest absolute Gasteiger partial charge is 0.326 e. The predicted molar refractivity (Wildman–Crippen MR) is 73.8 cm³/mol. The number of carbonyl (C=O) groups is 4. The van der Waals surface area contributed by atoms with Crippen molar-refractivity contribution in [2.24, 2.45) is 17.4 Å². The molecule has 0 heterocycles. The molecule has 0 rings (SSSR count). The number of carboxylic acid groups (broad SMARTS) is 1. The van der Waals surface area contributed by atoms with Gasteiger partial charge in [0.25, 0.3) is 0 Å². The molecular formula is C12H22N4O5.